The maximum absolute atomic E-state index is 10.9. The quantitative estimate of drug-likeness (QED) is 0.507. The largest absolute Gasteiger partial charge is 0.651 e. The highest BCUT2D eigenvalue weighted by molar-refractivity contribution is 7.50. The third kappa shape index (κ3) is 0.543. The third-order valence-corrected chi connectivity index (χ3v) is 2.56. The van der Waals surface area contributed by atoms with Crippen molar-refractivity contribution in [3.8, 4) is 0 Å². The summed E-state index contributed by atoms with van der Waals surface area (Å²) in [5.41, 5.74) is 0.665. The molecule has 4 nitrogen and oxygen atoms in total. The van der Waals surface area contributed by atoms with Crippen molar-refractivity contribution in [1.29, 1.82) is 0 Å². The van der Waals surface area contributed by atoms with E-state index < -0.39 is 7.82 Å². The van der Waals surface area contributed by atoms with Crippen molar-refractivity contribution in [3.05, 3.63) is 23.9 Å². The molecule has 0 spiro atoms. The number of rotatable bonds is 0. The number of hydrogen-bond acceptors (Lipinski definition) is 4. The maximum atomic E-state index is 10.9. The lowest BCUT2D eigenvalue weighted by Gasteiger charge is -2.34. The van der Waals surface area contributed by atoms with Crippen LogP contribution in [-0.4, -0.2) is 0 Å². The van der Waals surface area contributed by atoms with Gasteiger partial charge < -0.3 is 13.6 Å². The monoisotopic (exact) mass is 160 g/mol. The second-order valence-corrected chi connectivity index (χ2v) is 3.50. The molecule has 3 heterocycles. The molecule has 0 radical (unpaired) electrons. The zero-order chi connectivity index (χ0) is 7.35. The Balaban J connectivity index is 2.48. The molecule has 3 aliphatic rings. The second-order valence-electron chi connectivity index (χ2n) is 2.06. The van der Waals surface area contributed by atoms with Gasteiger partial charge in [0, 0.05) is 0 Å². The molecule has 0 unspecified atom stereocenters. The Labute approximate surface area is 57.7 Å². The number of phosphoric ester groups is 1. The highest BCUT2D eigenvalue weighted by Crippen LogP contribution is 2.68. The molecule has 0 saturated carbocycles. The Morgan fingerprint density at radius 2 is 2.00 bits per heavy atom. The van der Waals surface area contributed by atoms with Crippen LogP contribution in [0, 0.1) is 0 Å². The Morgan fingerprint density at radius 1 is 1.40 bits per heavy atom. The van der Waals surface area contributed by atoms with E-state index in [2.05, 4.69) is 15.6 Å². The van der Waals surface area contributed by atoms with Crippen molar-refractivity contribution >= 4 is 7.82 Å². The van der Waals surface area contributed by atoms with Gasteiger partial charge in [-0.3, -0.25) is 0 Å². The van der Waals surface area contributed by atoms with Gasteiger partial charge in [-0.15, -0.1) is 0 Å². The van der Waals surface area contributed by atoms with Crippen LogP contribution < -0.4 is 0 Å². The lowest BCUT2D eigenvalue weighted by molar-refractivity contribution is 0.0313. The van der Waals surface area contributed by atoms with Crippen molar-refractivity contribution in [2.45, 2.75) is 6.92 Å². The van der Waals surface area contributed by atoms with Gasteiger partial charge in [0.1, 0.15) is 5.76 Å². The standard InChI is InChI=1S/C5H5O4P/c1-3-4(2)7-10(6)8-5(3)9-10/h2H2,1H3. The Kier molecular flexibility index (Phi) is 0.821. The van der Waals surface area contributed by atoms with E-state index in [1.54, 1.807) is 6.92 Å². The first kappa shape index (κ1) is 5.86. The van der Waals surface area contributed by atoms with E-state index in [4.69, 9.17) is 4.52 Å². The van der Waals surface area contributed by atoms with Crippen molar-refractivity contribution in [3.63, 3.8) is 0 Å². The topological polar surface area (TPSA) is 44.8 Å². The Morgan fingerprint density at radius 3 is 2.40 bits per heavy atom. The predicted octanol–water partition coefficient (Wildman–Crippen LogP) is 1.92. The number of fused-ring (bicyclic) bond motifs is 2. The van der Waals surface area contributed by atoms with Gasteiger partial charge in [-0.05, 0) is 6.92 Å². The first-order valence-electron chi connectivity index (χ1n) is 2.70. The van der Waals surface area contributed by atoms with Crippen LogP contribution >= 0.6 is 7.82 Å². The number of phosphoric acid groups is 1. The fraction of sp³-hybridized carbons (Fsp3) is 0.200. The Bertz CT molecular complexity index is 278. The first-order valence-corrected chi connectivity index (χ1v) is 4.16. The predicted molar refractivity (Wildman–Crippen MR) is 32.7 cm³/mol. The SMILES string of the molecule is C=C1OP2(=O)OC(=C1C)O2. The summed E-state index contributed by atoms with van der Waals surface area (Å²) in [6.45, 7) is 5.23. The molecule has 3 rings (SSSR count). The van der Waals surface area contributed by atoms with Gasteiger partial charge in [0.05, 0.1) is 5.57 Å². The fourth-order valence-corrected chi connectivity index (χ4v) is 1.88. The average Bonchev–Trinajstić information content (AvgIpc) is 1.77. The molecule has 0 amide bonds. The van der Waals surface area contributed by atoms with E-state index in [0.29, 0.717) is 11.3 Å². The molecule has 1 saturated heterocycles. The molecule has 0 aromatic heterocycles. The van der Waals surface area contributed by atoms with E-state index in [0.717, 1.165) is 0 Å². The molecule has 0 aromatic rings. The van der Waals surface area contributed by atoms with Crippen LogP contribution in [0.3, 0.4) is 0 Å². The normalized spacial score (nSPS) is 25.9. The molecule has 0 aliphatic carbocycles. The van der Waals surface area contributed by atoms with E-state index in [1.807, 2.05) is 0 Å². The molecule has 1 fully saturated rings. The number of allylic oxidation sites excluding steroid dienone is 1. The van der Waals surface area contributed by atoms with Crippen molar-refractivity contribution in [2.75, 3.05) is 0 Å². The van der Waals surface area contributed by atoms with Crippen molar-refractivity contribution in [2.24, 2.45) is 0 Å². The molecular weight excluding hydrogens is 155 g/mol. The van der Waals surface area contributed by atoms with E-state index in [9.17, 15) is 4.57 Å². The summed E-state index contributed by atoms with van der Waals surface area (Å²) in [6, 6.07) is 0. The van der Waals surface area contributed by atoms with Gasteiger partial charge in [0.25, 0.3) is 0 Å². The van der Waals surface area contributed by atoms with Gasteiger partial charge in [0.2, 0.25) is 0 Å². The lowest BCUT2D eigenvalue weighted by atomic mass is 10.3. The van der Waals surface area contributed by atoms with Gasteiger partial charge in [-0.25, -0.2) is 0 Å². The van der Waals surface area contributed by atoms with E-state index in [1.165, 1.54) is 0 Å². The molecule has 0 N–H and O–H groups in total. The second kappa shape index (κ2) is 1.40. The lowest BCUT2D eigenvalue weighted by Crippen LogP contribution is -2.18. The molecule has 2 bridgehead atoms. The van der Waals surface area contributed by atoms with Crippen LogP contribution in [0.4, 0.5) is 0 Å². The summed E-state index contributed by atoms with van der Waals surface area (Å²) in [4.78, 5) is 0. The van der Waals surface area contributed by atoms with E-state index in [-0.39, 0.29) is 5.95 Å². The fourth-order valence-electron chi connectivity index (χ4n) is 0.701. The number of hydrogen-bond donors (Lipinski definition) is 0. The molecule has 54 valence electrons. The van der Waals surface area contributed by atoms with Crippen molar-refractivity contribution in [1.82, 2.24) is 0 Å². The highest BCUT2D eigenvalue weighted by atomic mass is 31.2. The minimum atomic E-state index is -3.19. The zero-order valence-electron chi connectivity index (χ0n) is 5.29. The van der Waals surface area contributed by atoms with E-state index >= 15 is 0 Å². The average molecular weight is 160 g/mol. The molecule has 5 heteroatoms. The van der Waals surface area contributed by atoms with Crippen LogP contribution in [0.5, 0.6) is 0 Å². The molecule has 0 atom stereocenters. The van der Waals surface area contributed by atoms with Crippen LogP contribution in [0.1, 0.15) is 6.92 Å². The van der Waals surface area contributed by atoms with Gasteiger partial charge in [-0.1, -0.05) is 6.58 Å². The molecule has 3 aliphatic heterocycles. The Hall–Kier alpha value is -0.890. The molecule has 10 heavy (non-hydrogen) atoms. The smallest absolute Gasteiger partial charge is 0.386 e. The van der Waals surface area contributed by atoms with Crippen molar-refractivity contribution < 1.29 is 18.1 Å². The maximum Gasteiger partial charge on any atom is 0.651 e. The summed E-state index contributed by atoms with van der Waals surface area (Å²) in [6.07, 6.45) is 0. The summed E-state index contributed by atoms with van der Waals surface area (Å²) < 4.78 is 25.0. The summed E-state index contributed by atoms with van der Waals surface area (Å²) in [5, 5.41) is 0. The van der Waals surface area contributed by atoms with Crippen LogP contribution in [0.15, 0.2) is 23.9 Å². The van der Waals surface area contributed by atoms with Gasteiger partial charge >= 0.3 is 13.8 Å². The van der Waals surface area contributed by atoms with Crippen LogP contribution in [0.2, 0.25) is 0 Å². The minimum absolute atomic E-state index is 0.277. The third-order valence-electron chi connectivity index (χ3n) is 1.34. The van der Waals surface area contributed by atoms with Crippen LogP contribution in [-0.2, 0) is 18.1 Å². The zero-order valence-corrected chi connectivity index (χ0v) is 6.18. The molecular formula is C5H5O4P. The van der Waals surface area contributed by atoms with Gasteiger partial charge in [0.15, 0.2) is 0 Å². The molecule has 0 aromatic carbocycles. The van der Waals surface area contributed by atoms with Crippen LogP contribution in [0.25, 0.3) is 0 Å². The minimum Gasteiger partial charge on any atom is -0.386 e. The first-order chi connectivity index (χ1) is 4.61. The summed E-state index contributed by atoms with van der Waals surface area (Å²) >= 11 is 0. The summed E-state index contributed by atoms with van der Waals surface area (Å²) in [5.74, 6) is 0.649. The van der Waals surface area contributed by atoms with Gasteiger partial charge in [-0.2, -0.15) is 4.57 Å². The summed E-state index contributed by atoms with van der Waals surface area (Å²) in [7, 11) is -3.19. The highest BCUT2D eigenvalue weighted by Gasteiger charge is 2.51.